The van der Waals surface area contributed by atoms with Crippen LogP contribution in [0.1, 0.15) is 11.1 Å². The van der Waals surface area contributed by atoms with E-state index in [1.165, 1.54) is 5.56 Å². The number of hydrogen-bond donors (Lipinski definition) is 1. The highest BCUT2D eigenvalue weighted by Gasteiger charge is 2.12. The molecule has 0 aliphatic heterocycles. The molecule has 0 aliphatic carbocycles. The predicted molar refractivity (Wildman–Crippen MR) is 84.2 cm³/mol. The molecule has 0 spiro atoms. The summed E-state index contributed by atoms with van der Waals surface area (Å²) in [4.78, 5) is 0. The second-order valence-electron chi connectivity index (χ2n) is 4.94. The zero-order valence-electron chi connectivity index (χ0n) is 11.5. The van der Waals surface area contributed by atoms with Crippen molar-refractivity contribution in [2.45, 2.75) is 13.5 Å². The monoisotopic (exact) mass is 285 g/mol. The molecule has 3 aromatic rings. The Bertz CT molecular complexity index is 761. The summed E-state index contributed by atoms with van der Waals surface area (Å²) in [5, 5.41) is 5.01. The third-order valence-corrected chi connectivity index (χ3v) is 3.68. The van der Waals surface area contributed by atoms with Crippen molar-refractivity contribution in [3.8, 4) is 11.3 Å². The molecule has 0 aliphatic rings. The maximum absolute atomic E-state index is 6.13. The Labute approximate surface area is 123 Å². The summed E-state index contributed by atoms with van der Waals surface area (Å²) < 4.78 is 6.04. The summed E-state index contributed by atoms with van der Waals surface area (Å²) in [6, 6.07) is 14.2. The normalized spacial score (nSPS) is 11.2. The van der Waals surface area contributed by atoms with Gasteiger partial charge in [0.2, 0.25) is 0 Å². The highest BCUT2D eigenvalue weighted by molar-refractivity contribution is 6.30. The summed E-state index contributed by atoms with van der Waals surface area (Å²) in [6.07, 6.45) is 0. The second-order valence-corrected chi connectivity index (χ2v) is 5.37. The van der Waals surface area contributed by atoms with Crippen molar-refractivity contribution in [1.82, 2.24) is 5.32 Å². The van der Waals surface area contributed by atoms with Gasteiger partial charge in [0.1, 0.15) is 11.3 Å². The first-order chi connectivity index (χ1) is 9.69. The highest BCUT2D eigenvalue weighted by atomic mass is 35.5. The molecule has 2 aromatic carbocycles. The first-order valence-corrected chi connectivity index (χ1v) is 6.99. The average Bonchev–Trinajstić information content (AvgIpc) is 2.86. The van der Waals surface area contributed by atoms with E-state index in [1.54, 1.807) is 0 Å². The van der Waals surface area contributed by atoms with Gasteiger partial charge < -0.3 is 9.73 Å². The van der Waals surface area contributed by atoms with Crippen molar-refractivity contribution < 1.29 is 4.42 Å². The number of rotatable bonds is 3. The molecule has 102 valence electrons. The van der Waals surface area contributed by atoms with E-state index in [4.69, 9.17) is 16.0 Å². The third kappa shape index (κ3) is 2.33. The summed E-state index contributed by atoms with van der Waals surface area (Å²) in [7, 11) is 1.93. The van der Waals surface area contributed by atoms with Crippen LogP contribution in [-0.4, -0.2) is 7.05 Å². The lowest BCUT2D eigenvalue weighted by Gasteiger charge is -2.07. The molecule has 1 N–H and O–H groups in total. The Balaban J connectivity index is 2.19. The molecule has 0 saturated carbocycles. The minimum atomic E-state index is 0.719. The molecule has 3 rings (SSSR count). The lowest BCUT2D eigenvalue weighted by molar-refractivity contribution is 0.627. The molecule has 0 fully saturated rings. The third-order valence-electron chi connectivity index (χ3n) is 3.45. The zero-order valence-corrected chi connectivity index (χ0v) is 12.3. The van der Waals surface area contributed by atoms with Gasteiger partial charge in [0, 0.05) is 22.5 Å². The number of nitrogens with one attached hydrogen (secondary N) is 1. The van der Waals surface area contributed by atoms with Gasteiger partial charge in [-0.1, -0.05) is 35.9 Å². The molecule has 1 aromatic heterocycles. The van der Waals surface area contributed by atoms with Gasteiger partial charge in [0.15, 0.2) is 0 Å². The zero-order chi connectivity index (χ0) is 14.1. The predicted octanol–water partition coefficient (Wildman–Crippen LogP) is 4.78. The van der Waals surface area contributed by atoms with E-state index in [0.29, 0.717) is 0 Å². The van der Waals surface area contributed by atoms with Crippen molar-refractivity contribution in [3.05, 3.63) is 58.6 Å². The maximum Gasteiger partial charge on any atom is 0.137 e. The fraction of sp³-hybridized carbons (Fsp3) is 0.176. The molecule has 1 heterocycles. The van der Waals surface area contributed by atoms with Crippen LogP contribution in [0.25, 0.3) is 22.3 Å². The van der Waals surface area contributed by atoms with Gasteiger partial charge in [-0.3, -0.25) is 0 Å². The van der Waals surface area contributed by atoms with E-state index in [2.05, 4.69) is 30.4 Å². The number of para-hydroxylation sites is 1. The van der Waals surface area contributed by atoms with Crippen LogP contribution >= 0.6 is 11.6 Å². The molecular weight excluding hydrogens is 270 g/mol. The van der Waals surface area contributed by atoms with Gasteiger partial charge >= 0.3 is 0 Å². The average molecular weight is 286 g/mol. The molecule has 0 radical (unpaired) electrons. The maximum atomic E-state index is 6.13. The molecule has 0 bridgehead atoms. The number of hydrogen-bond acceptors (Lipinski definition) is 2. The Morgan fingerprint density at radius 2 is 2.00 bits per heavy atom. The van der Waals surface area contributed by atoms with Gasteiger partial charge in [-0.2, -0.15) is 0 Å². The topological polar surface area (TPSA) is 25.2 Å². The fourth-order valence-electron chi connectivity index (χ4n) is 2.46. The summed E-state index contributed by atoms with van der Waals surface area (Å²) in [5.41, 5.74) is 4.31. The number of furan rings is 1. The summed E-state index contributed by atoms with van der Waals surface area (Å²) in [6.45, 7) is 2.84. The Kier molecular flexibility index (Phi) is 3.51. The number of benzene rings is 2. The van der Waals surface area contributed by atoms with Crippen LogP contribution in [0.4, 0.5) is 0 Å². The first-order valence-electron chi connectivity index (χ1n) is 6.61. The van der Waals surface area contributed by atoms with Crippen LogP contribution in [0.2, 0.25) is 5.02 Å². The fourth-order valence-corrected chi connectivity index (χ4v) is 2.64. The molecule has 2 nitrogen and oxygen atoms in total. The van der Waals surface area contributed by atoms with E-state index < -0.39 is 0 Å². The van der Waals surface area contributed by atoms with Gasteiger partial charge in [-0.15, -0.1) is 0 Å². The largest absolute Gasteiger partial charge is 0.456 e. The lowest BCUT2D eigenvalue weighted by Crippen LogP contribution is -2.06. The van der Waals surface area contributed by atoms with Crippen molar-refractivity contribution in [2.24, 2.45) is 0 Å². The van der Waals surface area contributed by atoms with E-state index in [-0.39, 0.29) is 0 Å². The van der Waals surface area contributed by atoms with Gasteiger partial charge in [0.05, 0.1) is 0 Å². The quantitative estimate of drug-likeness (QED) is 0.749. The van der Waals surface area contributed by atoms with Crippen LogP contribution in [0.5, 0.6) is 0 Å². The highest BCUT2D eigenvalue weighted by Crippen LogP contribution is 2.33. The van der Waals surface area contributed by atoms with Crippen LogP contribution in [-0.2, 0) is 6.54 Å². The minimum absolute atomic E-state index is 0.719. The Morgan fingerprint density at radius 3 is 2.75 bits per heavy atom. The van der Waals surface area contributed by atoms with E-state index in [0.717, 1.165) is 39.4 Å². The van der Waals surface area contributed by atoms with E-state index in [9.17, 15) is 0 Å². The SMILES string of the molecule is CNCc1ccc(Cl)cc1-c1cc2cccc(C)c2o1. The molecule has 20 heavy (non-hydrogen) atoms. The van der Waals surface area contributed by atoms with E-state index >= 15 is 0 Å². The van der Waals surface area contributed by atoms with Crippen LogP contribution in [0, 0.1) is 6.92 Å². The van der Waals surface area contributed by atoms with Crippen LogP contribution < -0.4 is 5.32 Å². The molecule has 0 saturated heterocycles. The Morgan fingerprint density at radius 1 is 1.15 bits per heavy atom. The summed E-state index contributed by atoms with van der Waals surface area (Å²) >= 11 is 6.13. The van der Waals surface area contributed by atoms with E-state index in [1.807, 2.05) is 31.3 Å². The first kappa shape index (κ1) is 13.2. The van der Waals surface area contributed by atoms with Crippen molar-refractivity contribution in [3.63, 3.8) is 0 Å². The molecule has 0 unspecified atom stereocenters. The molecule has 0 amide bonds. The van der Waals surface area contributed by atoms with Gasteiger partial charge in [-0.25, -0.2) is 0 Å². The Hall–Kier alpha value is -1.77. The number of fused-ring (bicyclic) bond motifs is 1. The number of aryl methyl sites for hydroxylation is 1. The van der Waals surface area contributed by atoms with Crippen molar-refractivity contribution in [2.75, 3.05) is 7.05 Å². The van der Waals surface area contributed by atoms with Gasteiger partial charge in [-0.05, 0) is 43.3 Å². The summed E-state index contributed by atoms with van der Waals surface area (Å²) in [5.74, 6) is 0.863. The van der Waals surface area contributed by atoms with Crippen LogP contribution in [0.15, 0.2) is 46.9 Å². The van der Waals surface area contributed by atoms with Crippen molar-refractivity contribution in [1.29, 1.82) is 0 Å². The second kappa shape index (κ2) is 5.31. The lowest BCUT2D eigenvalue weighted by atomic mass is 10.0. The minimum Gasteiger partial charge on any atom is -0.456 e. The molecule has 0 atom stereocenters. The van der Waals surface area contributed by atoms with Gasteiger partial charge in [0.25, 0.3) is 0 Å². The standard InChI is InChI=1S/C17H16ClNO/c1-11-4-3-5-12-8-16(20-17(11)12)15-9-14(18)7-6-13(15)10-19-2/h3-9,19H,10H2,1-2H3. The van der Waals surface area contributed by atoms with Crippen LogP contribution in [0.3, 0.4) is 0 Å². The number of halogens is 1. The smallest absolute Gasteiger partial charge is 0.137 e. The van der Waals surface area contributed by atoms with Crippen molar-refractivity contribution >= 4 is 22.6 Å². The molecule has 3 heteroatoms. The molecular formula is C17H16ClNO.